The molecular formula is C9H6ClFO4S. The van der Waals surface area contributed by atoms with Crippen LogP contribution >= 0.6 is 10.7 Å². The molecule has 0 aliphatic heterocycles. The predicted molar refractivity (Wildman–Crippen MR) is 56.1 cm³/mol. The molecule has 0 saturated heterocycles. The molecule has 0 heterocycles. The number of hydrogen-bond acceptors (Lipinski definition) is 3. The van der Waals surface area contributed by atoms with Gasteiger partial charge in [0.25, 0.3) is 9.05 Å². The van der Waals surface area contributed by atoms with Gasteiger partial charge in [-0.05, 0) is 23.8 Å². The molecule has 0 fully saturated rings. The Bertz CT molecular complexity index is 551. The Hall–Kier alpha value is -1.40. The summed E-state index contributed by atoms with van der Waals surface area (Å²) in [4.78, 5) is 9.55. The van der Waals surface area contributed by atoms with Gasteiger partial charge in [-0.2, -0.15) is 0 Å². The Balaban J connectivity index is 3.15. The molecule has 4 nitrogen and oxygen atoms in total. The fourth-order valence-corrected chi connectivity index (χ4v) is 1.88. The summed E-state index contributed by atoms with van der Waals surface area (Å²) in [6, 6.07) is 3.10. The molecule has 16 heavy (non-hydrogen) atoms. The fraction of sp³-hybridized carbons (Fsp3) is 0. The van der Waals surface area contributed by atoms with Crippen molar-refractivity contribution in [1.82, 2.24) is 0 Å². The first-order valence-corrected chi connectivity index (χ1v) is 6.27. The van der Waals surface area contributed by atoms with Gasteiger partial charge in [0.05, 0.1) is 0 Å². The highest BCUT2D eigenvalue weighted by Gasteiger charge is 2.15. The smallest absolute Gasteiger partial charge is 0.328 e. The summed E-state index contributed by atoms with van der Waals surface area (Å²) >= 11 is 0. The number of rotatable bonds is 3. The van der Waals surface area contributed by atoms with Gasteiger partial charge < -0.3 is 5.11 Å². The first-order chi connectivity index (χ1) is 7.30. The molecule has 0 radical (unpaired) electrons. The van der Waals surface area contributed by atoms with Gasteiger partial charge in [0, 0.05) is 16.8 Å². The summed E-state index contributed by atoms with van der Waals surface area (Å²) in [5.74, 6) is -2.21. The fourth-order valence-electron chi connectivity index (χ4n) is 0.986. The van der Waals surface area contributed by atoms with Crippen molar-refractivity contribution in [1.29, 1.82) is 0 Å². The summed E-state index contributed by atoms with van der Waals surface area (Å²) in [6.45, 7) is 0. The van der Waals surface area contributed by atoms with Gasteiger partial charge in [0.15, 0.2) is 0 Å². The Labute approximate surface area is 95.4 Å². The number of carboxylic acids is 1. The largest absolute Gasteiger partial charge is 0.478 e. The standard InChI is InChI=1S/C9H6ClFO4S/c10-16(14,15)8-3-1-6(5-7(8)11)2-4-9(12)13/h1-5H,(H,12,13)/b4-2+. The summed E-state index contributed by atoms with van der Waals surface area (Å²) in [7, 11) is 0.839. The molecule has 1 N–H and O–H groups in total. The minimum atomic E-state index is -4.12. The quantitative estimate of drug-likeness (QED) is 0.668. The highest BCUT2D eigenvalue weighted by molar-refractivity contribution is 8.13. The first-order valence-electron chi connectivity index (χ1n) is 3.96. The first kappa shape index (κ1) is 12.7. The lowest BCUT2D eigenvalue weighted by Gasteiger charge is -1.99. The molecule has 0 unspecified atom stereocenters. The molecule has 0 aromatic heterocycles. The van der Waals surface area contributed by atoms with E-state index >= 15 is 0 Å². The molecule has 86 valence electrons. The van der Waals surface area contributed by atoms with Crippen LogP contribution in [0.25, 0.3) is 6.08 Å². The zero-order chi connectivity index (χ0) is 12.3. The molecular weight excluding hydrogens is 259 g/mol. The van der Waals surface area contributed by atoms with E-state index in [1.807, 2.05) is 0 Å². The second kappa shape index (κ2) is 4.63. The number of aliphatic carboxylic acids is 1. The zero-order valence-corrected chi connectivity index (χ0v) is 9.30. The van der Waals surface area contributed by atoms with E-state index in [2.05, 4.69) is 0 Å². The van der Waals surface area contributed by atoms with Crippen LogP contribution in [0.4, 0.5) is 4.39 Å². The van der Waals surface area contributed by atoms with Crippen molar-refractivity contribution in [2.45, 2.75) is 4.90 Å². The van der Waals surface area contributed by atoms with Crippen molar-refractivity contribution in [2.24, 2.45) is 0 Å². The number of hydrogen-bond donors (Lipinski definition) is 1. The Kier molecular flexibility index (Phi) is 3.66. The summed E-state index contributed by atoms with van der Waals surface area (Å²) in [5.41, 5.74) is 0.226. The maximum atomic E-state index is 13.2. The average molecular weight is 265 g/mol. The van der Waals surface area contributed by atoms with E-state index in [0.29, 0.717) is 0 Å². The van der Waals surface area contributed by atoms with Crippen LogP contribution in [0.3, 0.4) is 0 Å². The molecule has 1 rings (SSSR count). The van der Waals surface area contributed by atoms with Crippen LogP contribution in [0.2, 0.25) is 0 Å². The van der Waals surface area contributed by atoms with Crippen LogP contribution in [-0.4, -0.2) is 19.5 Å². The predicted octanol–water partition coefficient (Wildman–Crippen LogP) is 1.85. The van der Waals surface area contributed by atoms with Gasteiger partial charge in [-0.1, -0.05) is 6.07 Å². The summed E-state index contributed by atoms with van der Waals surface area (Å²) in [5, 5.41) is 8.33. The lowest BCUT2D eigenvalue weighted by Crippen LogP contribution is -1.95. The van der Waals surface area contributed by atoms with Gasteiger partial charge >= 0.3 is 5.97 Å². The lowest BCUT2D eigenvalue weighted by atomic mass is 10.2. The molecule has 7 heteroatoms. The number of carbonyl (C=O) groups is 1. The Morgan fingerprint density at radius 2 is 2.06 bits per heavy atom. The summed E-state index contributed by atoms with van der Waals surface area (Å²) < 4.78 is 34.9. The van der Waals surface area contributed by atoms with Crippen LogP contribution in [-0.2, 0) is 13.8 Å². The molecule has 0 saturated carbocycles. The third kappa shape index (κ3) is 3.32. The van der Waals surface area contributed by atoms with Crippen LogP contribution in [0.15, 0.2) is 29.2 Å². The molecule has 0 aliphatic carbocycles. The van der Waals surface area contributed by atoms with Crippen LogP contribution < -0.4 is 0 Å². The SMILES string of the molecule is O=C(O)/C=C/c1ccc(S(=O)(=O)Cl)c(F)c1. The molecule has 0 bridgehead atoms. The van der Waals surface area contributed by atoms with Crippen LogP contribution in [0.5, 0.6) is 0 Å². The maximum absolute atomic E-state index is 13.2. The van der Waals surface area contributed by atoms with Crippen molar-refractivity contribution in [3.63, 3.8) is 0 Å². The average Bonchev–Trinajstić information content (AvgIpc) is 2.12. The second-order valence-corrected chi connectivity index (χ2v) is 5.33. The maximum Gasteiger partial charge on any atom is 0.328 e. The second-order valence-electron chi connectivity index (χ2n) is 2.80. The van der Waals surface area contributed by atoms with E-state index in [0.717, 1.165) is 24.3 Å². The molecule has 0 aliphatic rings. The number of benzene rings is 1. The minimum Gasteiger partial charge on any atom is -0.478 e. The topological polar surface area (TPSA) is 71.4 Å². The van der Waals surface area contributed by atoms with Crippen molar-refractivity contribution < 1.29 is 22.7 Å². The normalized spacial score (nSPS) is 11.9. The molecule has 0 spiro atoms. The van der Waals surface area contributed by atoms with Gasteiger partial charge in [-0.25, -0.2) is 17.6 Å². The van der Waals surface area contributed by atoms with Gasteiger partial charge in [0.1, 0.15) is 10.7 Å². The highest BCUT2D eigenvalue weighted by Crippen LogP contribution is 2.20. The van der Waals surface area contributed by atoms with Gasteiger partial charge in [-0.15, -0.1) is 0 Å². The van der Waals surface area contributed by atoms with Crippen LogP contribution in [0.1, 0.15) is 5.56 Å². The van der Waals surface area contributed by atoms with Crippen molar-refractivity contribution >= 4 is 31.8 Å². The number of halogens is 2. The lowest BCUT2D eigenvalue weighted by molar-refractivity contribution is -0.131. The highest BCUT2D eigenvalue weighted by atomic mass is 35.7. The van der Waals surface area contributed by atoms with E-state index in [9.17, 15) is 17.6 Å². The van der Waals surface area contributed by atoms with E-state index in [-0.39, 0.29) is 5.56 Å². The number of carboxylic acid groups (broad SMARTS) is 1. The summed E-state index contributed by atoms with van der Waals surface area (Å²) in [6.07, 6.45) is 1.94. The Morgan fingerprint density at radius 1 is 1.44 bits per heavy atom. The molecule has 1 aromatic rings. The molecule has 0 amide bonds. The van der Waals surface area contributed by atoms with E-state index in [1.165, 1.54) is 6.07 Å². The Morgan fingerprint density at radius 3 is 2.50 bits per heavy atom. The van der Waals surface area contributed by atoms with Gasteiger partial charge in [0.2, 0.25) is 0 Å². The van der Waals surface area contributed by atoms with Crippen molar-refractivity contribution in [3.05, 3.63) is 35.7 Å². The minimum absolute atomic E-state index is 0.226. The molecule has 1 aromatic carbocycles. The zero-order valence-electron chi connectivity index (χ0n) is 7.72. The third-order valence-corrected chi connectivity index (χ3v) is 2.99. The van der Waals surface area contributed by atoms with E-state index in [1.54, 1.807) is 0 Å². The van der Waals surface area contributed by atoms with Crippen molar-refractivity contribution in [2.75, 3.05) is 0 Å². The third-order valence-electron chi connectivity index (χ3n) is 1.64. The van der Waals surface area contributed by atoms with Gasteiger partial charge in [-0.3, -0.25) is 0 Å². The molecule has 0 atom stereocenters. The monoisotopic (exact) mass is 264 g/mol. The van der Waals surface area contributed by atoms with E-state index < -0.39 is 25.7 Å². The van der Waals surface area contributed by atoms with E-state index in [4.69, 9.17) is 15.8 Å². The van der Waals surface area contributed by atoms with Crippen molar-refractivity contribution in [3.8, 4) is 0 Å². The van der Waals surface area contributed by atoms with Crippen LogP contribution in [0, 0.1) is 5.82 Å².